The minimum Gasteiger partial charge on any atom is -0.445 e. The summed E-state index contributed by atoms with van der Waals surface area (Å²) in [6.45, 7) is -0.537. The third kappa shape index (κ3) is 5.78. The molecule has 0 spiro atoms. The zero-order chi connectivity index (χ0) is 17.3. The molecule has 1 saturated carbocycles. The van der Waals surface area contributed by atoms with Gasteiger partial charge in [0.1, 0.15) is 12.1 Å². The summed E-state index contributed by atoms with van der Waals surface area (Å²) >= 11 is 0. The highest BCUT2D eigenvalue weighted by atomic mass is 16.5. The lowest BCUT2D eigenvalue weighted by molar-refractivity contribution is 0.00676. The van der Waals surface area contributed by atoms with Crippen molar-refractivity contribution < 1.29 is 24.5 Å². The maximum atomic E-state index is 11.9. The predicted molar refractivity (Wildman–Crippen MR) is 87.9 cm³/mol. The van der Waals surface area contributed by atoms with Crippen LogP contribution in [0.25, 0.3) is 0 Å². The topological polar surface area (TPSA) is 88.0 Å². The number of ether oxygens (including phenoxy) is 2. The van der Waals surface area contributed by atoms with E-state index in [-0.39, 0.29) is 13.2 Å². The number of carbonyl (C=O) groups is 1. The van der Waals surface area contributed by atoms with Crippen molar-refractivity contribution in [2.75, 3.05) is 26.4 Å². The van der Waals surface area contributed by atoms with E-state index < -0.39 is 24.8 Å². The monoisotopic (exact) mass is 332 g/mol. The Balaban J connectivity index is 1.78. The molecule has 6 heteroatoms. The van der Waals surface area contributed by atoms with Crippen molar-refractivity contribution in [1.82, 2.24) is 5.32 Å². The van der Waals surface area contributed by atoms with Gasteiger partial charge in [-0.3, -0.25) is 0 Å². The Bertz CT molecular complexity index is 483. The summed E-state index contributed by atoms with van der Waals surface area (Å²) < 4.78 is 10.6. The molecule has 6 nitrogen and oxygen atoms in total. The van der Waals surface area contributed by atoms with Gasteiger partial charge >= 0.3 is 6.09 Å². The number of alkyl carbamates (subject to hydrolysis) is 1. The molecule has 24 heavy (non-hydrogen) atoms. The molecule has 1 aliphatic carbocycles. The zero-order valence-electron chi connectivity index (χ0n) is 13.4. The van der Waals surface area contributed by atoms with Crippen LogP contribution in [0.3, 0.4) is 0 Å². The van der Waals surface area contributed by atoms with Crippen molar-refractivity contribution >= 4 is 6.09 Å². The highest BCUT2D eigenvalue weighted by molar-refractivity contribution is 5.68. The third-order valence-electron chi connectivity index (χ3n) is 3.56. The average molecular weight is 332 g/mol. The second-order valence-electron chi connectivity index (χ2n) is 5.57. The van der Waals surface area contributed by atoms with E-state index in [1.165, 1.54) is 0 Å². The molecule has 5 radical (unpaired) electrons. The van der Waals surface area contributed by atoms with Gasteiger partial charge in [-0.15, -0.1) is 0 Å². The fraction of sp³-hybridized carbons (Fsp3) is 0.333. The molecule has 0 saturated heterocycles. The van der Waals surface area contributed by atoms with Gasteiger partial charge in [-0.05, 0) is 31.2 Å². The van der Waals surface area contributed by atoms with Gasteiger partial charge in [0, 0.05) is 5.92 Å². The Morgan fingerprint density at radius 2 is 1.71 bits per heavy atom. The molecule has 0 aromatic heterocycles. The number of benzene rings is 1. The van der Waals surface area contributed by atoms with Crippen LogP contribution in [0.5, 0.6) is 0 Å². The van der Waals surface area contributed by atoms with Crippen LogP contribution in [-0.4, -0.2) is 48.3 Å². The molecule has 1 aliphatic rings. The van der Waals surface area contributed by atoms with Crippen LogP contribution in [0.4, 0.5) is 4.79 Å². The summed E-state index contributed by atoms with van der Waals surface area (Å²) in [5.41, 5.74) is -0.445. The summed E-state index contributed by atoms with van der Waals surface area (Å²) in [5.74, 6) is 0.978. The standard InChI is InChI=1S/C18H22NO5/c20-12-18(13-21,14-23-10-15-8-4-5-9-15)19-17(22)24-11-16-6-2-1-3-7-16/h1-9,20-21H,10-14H2,(H,19,22). The van der Waals surface area contributed by atoms with Crippen molar-refractivity contribution in [3.63, 3.8) is 0 Å². The highest BCUT2D eigenvalue weighted by Crippen LogP contribution is 2.23. The number of nitrogens with one attached hydrogen (secondary N) is 1. The molecule has 1 aromatic carbocycles. The molecule has 3 N–H and O–H groups in total. The molecule has 0 unspecified atom stereocenters. The minimum absolute atomic E-state index is 0.0361. The van der Waals surface area contributed by atoms with E-state index in [1.807, 2.05) is 56.0 Å². The summed E-state index contributed by atoms with van der Waals surface area (Å²) in [4.78, 5) is 11.9. The highest BCUT2D eigenvalue weighted by Gasteiger charge is 2.32. The van der Waals surface area contributed by atoms with E-state index in [0.717, 1.165) is 11.5 Å². The fourth-order valence-electron chi connectivity index (χ4n) is 2.11. The van der Waals surface area contributed by atoms with Gasteiger partial charge in [0.25, 0.3) is 0 Å². The number of carbonyl (C=O) groups excluding carboxylic acids is 1. The molecule has 0 atom stereocenters. The first-order valence-corrected chi connectivity index (χ1v) is 7.66. The number of aliphatic hydroxyl groups excluding tert-OH is 2. The predicted octanol–water partition coefficient (Wildman–Crippen LogP) is 1.06. The van der Waals surface area contributed by atoms with Gasteiger partial charge in [-0.25, -0.2) is 4.79 Å². The van der Waals surface area contributed by atoms with Gasteiger partial charge in [-0.2, -0.15) is 0 Å². The maximum Gasteiger partial charge on any atom is 0.408 e. The third-order valence-corrected chi connectivity index (χ3v) is 3.56. The Labute approximate surface area is 142 Å². The van der Waals surface area contributed by atoms with E-state index in [9.17, 15) is 15.0 Å². The normalized spacial score (nSPS) is 15.4. The van der Waals surface area contributed by atoms with Crippen LogP contribution in [0, 0.1) is 31.6 Å². The van der Waals surface area contributed by atoms with Crippen molar-refractivity contribution in [2.24, 2.45) is 0 Å². The Hall–Kier alpha value is -1.63. The number of aliphatic hydroxyl groups is 2. The molecule has 1 aromatic rings. The van der Waals surface area contributed by atoms with Crippen LogP contribution in [-0.2, 0) is 16.1 Å². The second kappa shape index (κ2) is 9.61. The largest absolute Gasteiger partial charge is 0.445 e. The minimum atomic E-state index is -1.29. The van der Waals surface area contributed by atoms with Gasteiger partial charge in [0.05, 0.1) is 26.4 Å². The van der Waals surface area contributed by atoms with Crippen LogP contribution in [0.1, 0.15) is 5.56 Å². The van der Waals surface area contributed by atoms with Gasteiger partial charge in [0.2, 0.25) is 0 Å². The summed E-state index contributed by atoms with van der Waals surface area (Å²) in [6, 6.07) is 9.24. The van der Waals surface area contributed by atoms with Crippen LogP contribution in [0.15, 0.2) is 30.3 Å². The lowest BCUT2D eigenvalue weighted by atomic mass is 10.0. The molecule has 1 fully saturated rings. The lowest BCUT2D eigenvalue weighted by Gasteiger charge is -2.30. The van der Waals surface area contributed by atoms with Gasteiger partial charge in [0.15, 0.2) is 0 Å². The average Bonchev–Trinajstić information content (AvgIpc) is 3.13. The molecule has 0 heterocycles. The molecule has 0 bridgehead atoms. The van der Waals surface area contributed by atoms with Crippen LogP contribution in [0.2, 0.25) is 0 Å². The SMILES string of the molecule is O=C(NC(CO)(CO)COC[C]1[CH][CH][CH][CH]1)OCc1ccccc1. The first-order chi connectivity index (χ1) is 11.7. The van der Waals surface area contributed by atoms with Gasteiger partial charge < -0.3 is 25.0 Å². The number of rotatable bonds is 9. The number of hydrogen-bond acceptors (Lipinski definition) is 5. The van der Waals surface area contributed by atoms with E-state index in [2.05, 4.69) is 5.32 Å². The molecular weight excluding hydrogens is 310 g/mol. The first-order valence-electron chi connectivity index (χ1n) is 7.66. The number of hydrogen-bond donors (Lipinski definition) is 3. The van der Waals surface area contributed by atoms with Crippen molar-refractivity contribution in [3.8, 4) is 0 Å². The van der Waals surface area contributed by atoms with E-state index >= 15 is 0 Å². The molecule has 1 amide bonds. The zero-order valence-corrected chi connectivity index (χ0v) is 13.4. The summed E-state index contributed by atoms with van der Waals surface area (Å²) in [7, 11) is 0. The second-order valence-corrected chi connectivity index (χ2v) is 5.57. The van der Waals surface area contributed by atoms with Gasteiger partial charge in [-0.1, -0.05) is 30.3 Å². The van der Waals surface area contributed by atoms with Crippen molar-refractivity contribution in [1.29, 1.82) is 0 Å². The van der Waals surface area contributed by atoms with E-state index in [1.54, 1.807) is 0 Å². The lowest BCUT2D eigenvalue weighted by Crippen LogP contribution is -2.57. The fourth-order valence-corrected chi connectivity index (χ4v) is 2.11. The van der Waals surface area contributed by atoms with Crippen LogP contribution < -0.4 is 5.32 Å². The quantitative estimate of drug-likeness (QED) is 0.629. The van der Waals surface area contributed by atoms with Crippen molar-refractivity contribution in [3.05, 3.63) is 67.5 Å². The summed E-state index contributed by atoms with van der Waals surface area (Å²) in [6.07, 6.45) is 6.87. The summed E-state index contributed by atoms with van der Waals surface area (Å²) in [5, 5.41) is 21.6. The van der Waals surface area contributed by atoms with Crippen LogP contribution >= 0.6 is 0 Å². The Morgan fingerprint density at radius 1 is 1.04 bits per heavy atom. The first kappa shape index (κ1) is 18.7. The van der Waals surface area contributed by atoms with E-state index in [0.29, 0.717) is 6.61 Å². The molecular formula is C18H22NO5. The molecule has 129 valence electrons. The van der Waals surface area contributed by atoms with Crippen molar-refractivity contribution in [2.45, 2.75) is 12.1 Å². The smallest absolute Gasteiger partial charge is 0.408 e. The Kier molecular flexibility index (Phi) is 7.49. The molecule has 0 aliphatic heterocycles. The number of amides is 1. The maximum absolute atomic E-state index is 11.9. The molecule has 2 rings (SSSR count). The van der Waals surface area contributed by atoms with E-state index in [4.69, 9.17) is 9.47 Å². The Morgan fingerprint density at radius 3 is 2.33 bits per heavy atom.